The van der Waals surface area contributed by atoms with Crippen LogP contribution in [0, 0.1) is 0 Å². The topological polar surface area (TPSA) is 95.1 Å². The molecule has 0 unspecified atom stereocenters. The highest BCUT2D eigenvalue weighted by molar-refractivity contribution is 6.30. The first-order valence-corrected chi connectivity index (χ1v) is 12.5. The molecule has 8 nitrogen and oxygen atoms in total. The van der Waals surface area contributed by atoms with Gasteiger partial charge in [0.05, 0.1) is 24.7 Å². The Labute approximate surface area is 222 Å². The summed E-state index contributed by atoms with van der Waals surface area (Å²) in [7, 11) is 0. The number of carbonyl (C=O) groups is 1. The van der Waals surface area contributed by atoms with E-state index >= 15 is 0 Å². The smallest absolute Gasteiger partial charge is 0.230 e. The van der Waals surface area contributed by atoms with Crippen LogP contribution in [-0.4, -0.2) is 25.9 Å². The maximum absolute atomic E-state index is 13.1. The molecule has 37 heavy (non-hydrogen) atoms. The molecule has 0 saturated carbocycles. The molecule has 0 bridgehead atoms. The zero-order valence-electron chi connectivity index (χ0n) is 21.8. The van der Waals surface area contributed by atoms with E-state index in [9.17, 15) is 4.79 Å². The number of hydrogen-bond donors (Lipinski definition) is 1. The summed E-state index contributed by atoms with van der Waals surface area (Å²) in [5, 5.41) is 11.9. The molecule has 2 aromatic heterocycles. The Hall–Kier alpha value is -3.65. The summed E-state index contributed by atoms with van der Waals surface area (Å²) in [5.74, 6) is 1.13. The first-order valence-electron chi connectivity index (χ1n) is 12.1. The molecule has 0 saturated heterocycles. The minimum absolute atomic E-state index is 0.0572. The number of hydrogen-bond acceptors (Lipinski definition) is 6. The molecule has 0 fully saturated rings. The van der Waals surface area contributed by atoms with E-state index in [1.54, 1.807) is 23.0 Å². The molecule has 1 amide bonds. The van der Waals surface area contributed by atoms with E-state index in [-0.39, 0.29) is 24.5 Å². The van der Waals surface area contributed by atoms with Crippen molar-refractivity contribution in [1.29, 1.82) is 0 Å². The number of rotatable bonds is 9. The summed E-state index contributed by atoms with van der Waals surface area (Å²) in [6, 6.07) is 15.4. The lowest BCUT2D eigenvalue weighted by atomic mass is 9.80. The van der Waals surface area contributed by atoms with Gasteiger partial charge in [-0.05, 0) is 48.6 Å². The van der Waals surface area contributed by atoms with E-state index in [4.69, 9.17) is 20.8 Å². The largest absolute Gasteiger partial charge is 0.487 e. The van der Waals surface area contributed by atoms with Crippen LogP contribution in [0.25, 0.3) is 0 Å². The Bertz CT molecular complexity index is 1350. The van der Waals surface area contributed by atoms with Crippen molar-refractivity contribution in [2.75, 3.05) is 0 Å². The molecule has 9 heteroatoms. The van der Waals surface area contributed by atoms with Crippen molar-refractivity contribution in [3.63, 3.8) is 0 Å². The first-order chi connectivity index (χ1) is 17.5. The van der Waals surface area contributed by atoms with E-state index in [0.29, 0.717) is 34.5 Å². The number of benzene rings is 2. The molecular formula is C28H32ClN5O3. The van der Waals surface area contributed by atoms with Crippen molar-refractivity contribution in [2.24, 2.45) is 0 Å². The zero-order valence-corrected chi connectivity index (χ0v) is 22.5. The molecule has 4 aromatic rings. The fourth-order valence-electron chi connectivity index (χ4n) is 3.82. The lowest BCUT2D eigenvalue weighted by molar-refractivity contribution is -0.125. The second kappa shape index (κ2) is 10.8. The number of oxazole rings is 1. The minimum atomic E-state index is -0.708. The average molecular weight is 522 g/mol. The summed E-state index contributed by atoms with van der Waals surface area (Å²) < 4.78 is 12.9. The number of nitrogens with one attached hydrogen (secondary N) is 1. The van der Waals surface area contributed by atoms with Crippen LogP contribution in [0.4, 0.5) is 0 Å². The number of ether oxygens (including phenoxy) is 1. The van der Waals surface area contributed by atoms with Crippen molar-refractivity contribution in [1.82, 2.24) is 25.3 Å². The molecule has 0 spiro atoms. The summed E-state index contributed by atoms with van der Waals surface area (Å²) in [6.07, 6.45) is 3.15. The maximum atomic E-state index is 13.1. The fourth-order valence-corrected chi connectivity index (χ4v) is 4.00. The van der Waals surface area contributed by atoms with Crippen molar-refractivity contribution in [3.05, 3.63) is 94.4 Å². The third kappa shape index (κ3) is 6.57. The van der Waals surface area contributed by atoms with Crippen LogP contribution in [-0.2, 0) is 35.3 Å². The van der Waals surface area contributed by atoms with Gasteiger partial charge >= 0.3 is 0 Å². The van der Waals surface area contributed by atoms with Gasteiger partial charge in [0.15, 0.2) is 6.39 Å². The predicted octanol–water partition coefficient (Wildman–Crippen LogP) is 5.44. The van der Waals surface area contributed by atoms with Gasteiger partial charge in [0.1, 0.15) is 29.5 Å². The molecule has 0 aliphatic carbocycles. The van der Waals surface area contributed by atoms with Gasteiger partial charge in [-0.25, -0.2) is 9.67 Å². The Morgan fingerprint density at radius 1 is 1.08 bits per heavy atom. The van der Waals surface area contributed by atoms with Gasteiger partial charge in [-0.15, -0.1) is 5.10 Å². The van der Waals surface area contributed by atoms with Crippen molar-refractivity contribution < 1.29 is 13.9 Å². The Kier molecular flexibility index (Phi) is 7.68. The molecule has 194 valence electrons. The third-order valence-electron chi connectivity index (χ3n) is 6.26. The zero-order chi connectivity index (χ0) is 26.6. The lowest BCUT2D eigenvalue weighted by Crippen LogP contribution is -2.39. The molecule has 2 heterocycles. The number of nitrogens with zero attached hydrogens (tertiary/aromatic N) is 4. The van der Waals surface area contributed by atoms with Gasteiger partial charge in [0.2, 0.25) is 5.91 Å². The SMILES string of the molecule is CC(C)(C)c1ccc(C(C)(C)C(=O)NCc2ocnc2Cn2cc(COc3cccc(Cl)c3)nn2)cc1. The van der Waals surface area contributed by atoms with Crippen LogP contribution in [0.3, 0.4) is 0 Å². The summed E-state index contributed by atoms with van der Waals surface area (Å²) in [6.45, 7) is 11.2. The predicted molar refractivity (Wildman–Crippen MR) is 141 cm³/mol. The normalized spacial score (nSPS) is 11.9. The Morgan fingerprint density at radius 2 is 1.81 bits per heavy atom. The van der Waals surface area contributed by atoms with E-state index in [0.717, 1.165) is 5.56 Å². The number of carbonyl (C=O) groups excluding carboxylic acids is 1. The number of amides is 1. The summed E-state index contributed by atoms with van der Waals surface area (Å²) >= 11 is 5.99. The highest BCUT2D eigenvalue weighted by Gasteiger charge is 2.30. The van der Waals surface area contributed by atoms with Crippen LogP contribution in [0.15, 0.2) is 65.5 Å². The van der Waals surface area contributed by atoms with E-state index in [1.807, 2.05) is 38.1 Å². The van der Waals surface area contributed by atoms with Gasteiger partial charge in [-0.1, -0.05) is 67.9 Å². The molecular weight excluding hydrogens is 490 g/mol. The molecule has 0 aliphatic heterocycles. The second-order valence-electron chi connectivity index (χ2n) is 10.5. The first kappa shape index (κ1) is 26.4. The number of halogens is 1. The standard InChI is InChI=1S/C28H32ClN5O3/c1-27(2,3)19-9-11-20(12-10-19)28(4,5)26(35)30-14-25-24(31-18-37-25)16-34-15-22(32-33-34)17-36-23-8-6-7-21(29)13-23/h6-13,15,18H,14,16-17H2,1-5H3,(H,30,35). The van der Waals surface area contributed by atoms with Gasteiger partial charge in [-0.3, -0.25) is 4.79 Å². The summed E-state index contributed by atoms with van der Waals surface area (Å²) in [4.78, 5) is 17.4. The highest BCUT2D eigenvalue weighted by atomic mass is 35.5. The number of aromatic nitrogens is 4. The molecule has 0 atom stereocenters. The fraction of sp³-hybridized carbons (Fsp3) is 0.357. The van der Waals surface area contributed by atoms with Crippen molar-refractivity contribution in [2.45, 2.75) is 65.1 Å². The Balaban J connectivity index is 1.34. The van der Waals surface area contributed by atoms with Gasteiger partial charge in [-0.2, -0.15) is 0 Å². The average Bonchev–Trinajstić information content (AvgIpc) is 3.50. The van der Waals surface area contributed by atoms with E-state index in [2.05, 4.69) is 53.5 Å². The monoisotopic (exact) mass is 521 g/mol. The van der Waals surface area contributed by atoms with Gasteiger partial charge < -0.3 is 14.5 Å². The molecule has 2 aromatic carbocycles. The third-order valence-corrected chi connectivity index (χ3v) is 6.49. The van der Waals surface area contributed by atoms with Crippen LogP contribution in [0.1, 0.15) is 62.9 Å². The van der Waals surface area contributed by atoms with Crippen molar-refractivity contribution >= 4 is 17.5 Å². The van der Waals surface area contributed by atoms with Crippen LogP contribution in [0.5, 0.6) is 5.75 Å². The summed E-state index contributed by atoms with van der Waals surface area (Å²) in [5.41, 5.74) is 2.86. The molecule has 4 rings (SSSR count). The van der Waals surface area contributed by atoms with Crippen LogP contribution in [0.2, 0.25) is 5.02 Å². The quantitative estimate of drug-likeness (QED) is 0.315. The Morgan fingerprint density at radius 3 is 2.51 bits per heavy atom. The maximum Gasteiger partial charge on any atom is 0.230 e. The lowest BCUT2D eigenvalue weighted by Gasteiger charge is -2.26. The minimum Gasteiger partial charge on any atom is -0.487 e. The van der Waals surface area contributed by atoms with E-state index in [1.165, 1.54) is 12.0 Å². The van der Waals surface area contributed by atoms with Crippen LogP contribution >= 0.6 is 11.6 Å². The molecule has 0 radical (unpaired) electrons. The van der Waals surface area contributed by atoms with Crippen LogP contribution < -0.4 is 10.1 Å². The highest BCUT2D eigenvalue weighted by Crippen LogP contribution is 2.28. The van der Waals surface area contributed by atoms with E-state index < -0.39 is 5.41 Å². The van der Waals surface area contributed by atoms with Gasteiger partial charge in [0.25, 0.3) is 0 Å². The van der Waals surface area contributed by atoms with Crippen molar-refractivity contribution in [3.8, 4) is 5.75 Å². The molecule has 0 aliphatic rings. The molecule has 1 N–H and O–H groups in total. The second-order valence-corrected chi connectivity index (χ2v) is 10.9. The van der Waals surface area contributed by atoms with Gasteiger partial charge in [0, 0.05) is 5.02 Å².